The van der Waals surface area contributed by atoms with Gasteiger partial charge >= 0.3 is 0 Å². The lowest BCUT2D eigenvalue weighted by Crippen LogP contribution is -2.25. The van der Waals surface area contributed by atoms with Crippen molar-refractivity contribution in [2.24, 2.45) is 5.92 Å². The lowest BCUT2D eigenvalue weighted by molar-refractivity contribution is 0.138. The van der Waals surface area contributed by atoms with Crippen LogP contribution in [0.25, 0.3) is 0 Å². The standard InChI is InChI=1S/C9H14ClN3O2/c1-5(2)7(14)4-11-6-3-12-13-9(15)8(6)10/h3,5,7,14H,4H2,1-2H3,(H2,11,13,15). The SMILES string of the molecule is CC(C)C(O)CNc1cn[nH]c(=O)c1Cl. The predicted molar refractivity (Wildman–Crippen MR) is 59.2 cm³/mol. The zero-order valence-electron chi connectivity index (χ0n) is 8.62. The van der Waals surface area contributed by atoms with Crippen molar-refractivity contribution in [2.45, 2.75) is 20.0 Å². The molecule has 1 heterocycles. The van der Waals surface area contributed by atoms with E-state index in [1.165, 1.54) is 6.20 Å². The molecule has 0 spiro atoms. The molecule has 0 aliphatic heterocycles. The Labute approximate surface area is 92.5 Å². The summed E-state index contributed by atoms with van der Waals surface area (Å²) in [5.41, 5.74) is -0.0131. The van der Waals surface area contributed by atoms with Crippen LogP contribution in [0.2, 0.25) is 5.02 Å². The van der Waals surface area contributed by atoms with Gasteiger partial charge < -0.3 is 10.4 Å². The Hall–Kier alpha value is -1.07. The lowest BCUT2D eigenvalue weighted by atomic mass is 10.1. The number of aliphatic hydroxyl groups excluding tert-OH is 1. The summed E-state index contributed by atoms with van der Waals surface area (Å²) in [5, 5.41) is 18.3. The van der Waals surface area contributed by atoms with E-state index in [2.05, 4.69) is 15.5 Å². The number of H-pyrrole nitrogens is 1. The van der Waals surface area contributed by atoms with Gasteiger partial charge in [-0.2, -0.15) is 5.10 Å². The first-order valence-electron chi connectivity index (χ1n) is 4.67. The average molecular weight is 232 g/mol. The fraction of sp³-hybridized carbons (Fsp3) is 0.556. The number of nitrogens with one attached hydrogen (secondary N) is 2. The molecule has 0 bridgehead atoms. The fourth-order valence-corrected chi connectivity index (χ4v) is 1.11. The normalized spacial score (nSPS) is 12.9. The van der Waals surface area contributed by atoms with E-state index in [9.17, 15) is 9.90 Å². The van der Waals surface area contributed by atoms with Gasteiger partial charge in [0.2, 0.25) is 0 Å². The number of aromatic amines is 1. The Balaban J connectivity index is 2.66. The first kappa shape index (κ1) is 12.0. The molecular weight excluding hydrogens is 218 g/mol. The maximum Gasteiger partial charge on any atom is 0.285 e. The molecule has 15 heavy (non-hydrogen) atoms. The Morgan fingerprint density at radius 2 is 2.33 bits per heavy atom. The minimum atomic E-state index is -0.486. The number of aromatic nitrogens is 2. The molecule has 1 unspecified atom stereocenters. The second-order valence-electron chi connectivity index (χ2n) is 3.62. The first-order valence-corrected chi connectivity index (χ1v) is 5.05. The van der Waals surface area contributed by atoms with Gasteiger partial charge in [0.05, 0.1) is 18.0 Å². The summed E-state index contributed by atoms with van der Waals surface area (Å²) in [6.45, 7) is 4.15. The number of nitrogens with zero attached hydrogens (tertiary/aromatic N) is 1. The second-order valence-corrected chi connectivity index (χ2v) is 4.00. The van der Waals surface area contributed by atoms with Crippen LogP contribution in [-0.4, -0.2) is 28.0 Å². The van der Waals surface area contributed by atoms with Crippen LogP contribution in [0.15, 0.2) is 11.0 Å². The highest BCUT2D eigenvalue weighted by molar-refractivity contribution is 6.32. The Kier molecular flexibility index (Phi) is 4.11. The smallest absolute Gasteiger partial charge is 0.285 e. The van der Waals surface area contributed by atoms with E-state index in [0.717, 1.165) is 0 Å². The van der Waals surface area contributed by atoms with E-state index in [4.69, 9.17) is 11.6 Å². The Morgan fingerprint density at radius 3 is 2.93 bits per heavy atom. The molecule has 1 rings (SSSR count). The van der Waals surface area contributed by atoms with Crippen molar-refractivity contribution in [2.75, 3.05) is 11.9 Å². The molecule has 6 heteroatoms. The minimum Gasteiger partial charge on any atom is -0.391 e. The molecule has 1 atom stereocenters. The zero-order chi connectivity index (χ0) is 11.4. The molecule has 0 fully saturated rings. The van der Waals surface area contributed by atoms with E-state index < -0.39 is 11.7 Å². The molecule has 1 aromatic rings. The summed E-state index contributed by atoms with van der Waals surface area (Å²) in [4.78, 5) is 11.1. The van der Waals surface area contributed by atoms with E-state index in [1.54, 1.807) is 0 Å². The number of anilines is 1. The van der Waals surface area contributed by atoms with Crippen molar-refractivity contribution in [3.05, 3.63) is 21.6 Å². The third kappa shape index (κ3) is 3.21. The van der Waals surface area contributed by atoms with Crippen LogP contribution in [-0.2, 0) is 0 Å². The second kappa shape index (κ2) is 5.14. The monoisotopic (exact) mass is 231 g/mol. The Bertz CT molecular complexity index is 378. The van der Waals surface area contributed by atoms with E-state index in [1.807, 2.05) is 13.8 Å². The number of aliphatic hydroxyl groups is 1. The van der Waals surface area contributed by atoms with E-state index in [0.29, 0.717) is 12.2 Å². The van der Waals surface area contributed by atoms with E-state index >= 15 is 0 Å². The third-order valence-corrected chi connectivity index (χ3v) is 2.44. The Morgan fingerprint density at radius 1 is 1.67 bits per heavy atom. The molecule has 84 valence electrons. The highest BCUT2D eigenvalue weighted by atomic mass is 35.5. The van der Waals surface area contributed by atoms with Crippen molar-refractivity contribution >= 4 is 17.3 Å². The van der Waals surface area contributed by atoms with Gasteiger partial charge in [0.1, 0.15) is 5.02 Å². The molecule has 0 saturated heterocycles. The topological polar surface area (TPSA) is 78.0 Å². The molecular formula is C9H14ClN3O2. The molecule has 1 aromatic heterocycles. The summed E-state index contributed by atoms with van der Waals surface area (Å²) in [5.74, 6) is 0.145. The van der Waals surface area contributed by atoms with Crippen LogP contribution in [0.3, 0.4) is 0 Å². The summed E-state index contributed by atoms with van der Waals surface area (Å²) < 4.78 is 0. The first-order chi connectivity index (χ1) is 7.02. The van der Waals surface area contributed by atoms with Gasteiger partial charge in [-0.25, -0.2) is 5.10 Å². The van der Waals surface area contributed by atoms with Crippen molar-refractivity contribution in [1.82, 2.24) is 10.2 Å². The predicted octanol–water partition coefficient (Wildman–Crippen LogP) is 0.852. The van der Waals surface area contributed by atoms with Gasteiger partial charge in [0.25, 0.3) is 5.56 Å². The quantitative estimate of drug-likeness (QED) is 0.718. The largest absolute Gasteiger partial charge is 0.391 e. The van der Waals surface area contributed by atoms with Gasteiger partial charge in [-0.3, -0.25) is 4.79 Å². The van der Waals surface area contributed by atoms with Crippen molar-refractivity contribution in [1.29, 1.82) is 0 Å². The number of hydrogen-bond acceptors (Lipinski definition) is 4. The van der Waals surface area contributed by atoms with Gasteiger partial charge in [-0.05, 0) is 5.92 Å². The number of rotatable bonds is 4. The van der Waals surface area contributed by atoms with Crippen molar-refractivity contribution in [3.63, 3.8) is 0 Å². The van der Waals surface area contributed by atoms with Gasteiger partial charge in [-0.1, -0.05) is 25.4 Å². The molecule has 3 N–H and O–H groups in total. The lowest BCUT2D eigenvalue weighted by Gasteiger charge is -2.15. The highest BCUT2D eigenvalue weighted by Gasteiger charge is 2.10. The molecule has 5 nitrogen and oxygen atoms in total. The zero-order valence-corrected chi connectivity index (χ0v) is 9.38. The summed E-state index contributed by atoms with van der Waals surface area (Å²) in [7, 11) is 0. The maximum absolute atomic E-state index is 11.1. The van der Waals surface area contributed by atoms with Crippen molar-refractivity contribution < 1.29 is 5.11 Å². The summed E-state index contributed by atoms with van der Waals surface area (Å²) in [6, 6.07) is 0. The molecule has 0 amide bonds. The summed E-state index contributed by atoms with van der Waals surface area (Å²) >= 11 is 5.73. The van der Waals surface area contributed by atoms with Gasteiger partial charge in [0, 0.05) is 6.54 Å². The van der Waals surface area contributed by atoms with Gasteiger partial charge in [-0.15, -0.1) is 0 Å². The molecule has 0 aromatic carbocycles. The van der Waals surface area contributed by atoms with Crippen molar-refractivity contribution in [3.8, 4) is 0 Å². The maximum atomic E-state index is 11.1. The van der Waals surface area contributed by atoms with Crippen LogP contribution in [0, 0.1) is 5.92 Å². The van der Waals surface area contributed by atoms with Crippen LogP contribution in [0.4, 0.5) is 5.69 Å². The van der Waals surface area contributed by atoms with Gasteiger partial charge in [0.15, 0.2) is 0 Å². The molecule has 0 aliphatic rings. The number of halogens is 1. The van der Waals surface area contributed by atoms with Crippen LogP contribution in [0.5, 0.6) is 0 Å². The van der Waals surface area contributed by atoms with Crippen LogP contribution in [0.1, 0.15) is 13.8 Å². The van der Waals surface area contributed by atoms with Crippen LogP contribution < -0.4 is 10.9 Å². The summed E-state index contributed by atoms with van der Waals surface area (Å²) in [6.07, 6.45) is 0.928. The fourth-order valence-electron chi connectivity index (χ4n) is 0.957. The highest BCUT2D eigenvalue weighted by Crippen LogP contribution is 2.14. The molecule has 0 aliphatic carbocycles. The average Bonchev–Trinajstić information content (AvgIpc) is 2.19. The molecule has 0 saturated carbocycles. The van der Waals surface area contributed by atoms with Crippen LogP contribution >= 0.6 is 11.6 Å². The number of hydrogen-bond donors (Lipinski definition) is 3. The molecule has 0 radical (unpaired) electrons. The third-order valence-electron chi connectivity index (χ3n) is 2.07. The van der Waals surface area contributed by atoms with E-state index in [-0.39, 0.29) is 10.9 Å². The minimum absolute atomic E-state index is 0.0564.